The summed E-state index contributed by atoms with van der Waals surface area (Å²) in [5.41, 5.74) is 2.52. The van der Waals surface area contributed by atoms with Gasteiger partial charge in [0.15, 0.2) is 9.84 Å². The standard InChI is InChI=1S/C24H30N2O5S/c1-19-8-10-20(11-9-19)18-32(28,29)23-16-26(22-7-5-4-6-21(22)23)17-24(27)25(12-14-30-2)13-15-31-3/h4-11,16H,12-15,17-18H2,1-3H3. The molecule has 2 aromatic carbocycles. The summed E-state index contributed by atoms with van der Waals surface area (Å²) >= 11 is 0. The van der Waals surface area contributed by atoms with Crippen molar-refractivity contribution < 1.29 is 22.7 Å². The molecular formula is C24H30N2O5S. The van der Waals surface area contributed by atoms with Crippen LogP contribution in [0, 0.1) is 6.92 Å². The third-order valence-electron chi connectivity index (χ3n) is 5.35. The fraction of sp³-hybridized carbons (Fsp3) is 0.375. The van der Waals surface area contributed by atoms with Crippen LogP contribution in [0.25, 0.3) is 10.9 Å². The van der Waals surface area contributed by atoms with Crippen LogP contribution in [0.5, 0.6) is 0 Å². The van der Waals surface area contributed by atoms with Crippen LogP contribution in [0.4, 0.5) is 0 Å². The molecule has 0 spiro atoms. The van der Waals surface area contributed by atoms with E-state index in [2.05, 4.69) is 0 Å². The number of fused-ring (bicyclic) bond motifs is 1. The van der Waals surface area contributed by atoms with E-state index in [1.54, 1.807) is 35.9 Å². The van der Waals surface area contributed by atoms with Crippen molar-refractivity contribution in [2.24, 2.45) is 0 Å². The number of para-hydroxylation sites is 1. The Morgan fingerprint density at radius 3 is 2.22 bits per heavy atom. The predicted molar refractivity (Wildman–Crippen MR) is 124 cm³/mol. The zero-order valence-electron chi connectivity index (χ0n) is 18.8. The third kappa shape index (κ3) is 5.76. The number of amides is 1. The summed E-state index contributed by atoms with van der Waals surface area (Å²) in [6, 6.07) is 14.7. The molecule has 0 atom stereocenters. The van der Waals surface area contributed by atoms with E-state index in [9.17, 15) is 13.2 Å². The minimum Gasteiger partial charge on any atom is -0.383 e. The molecule has 172 valence electrons. The summed E-state index contributed by atoms with van der Waals surface area (Å²) in [7, 11) is -0.428. The quantitative estimate of drug-likeness (QED) is 0.441. The number of nitrogens with zero attached hydrogens (tertiary/aromatic N) is 2. The van der Waals surface area contributed by atoms with Gasteiger partial charge in [-0.05, 0) is 18.6 Å². The van der Waals surface area contributed by atoms with E-state index >= 15 is 0 Å². The molecule has 0 radical (unpaired) electrons. The second-order valence-corrected chi connectivity index (χ2v) is 9.71. The molecule has 0 fully saturated rings. The summed E-state index contributed by atoms with van der Waals surface area (Å²) in [5.74, 6) is -0.217. The summed E-state index contributed by atoms with van der Waals surface area (Å²) in [4.78, 5) is 14.9. The normalized spacial score (nSPS) is 11.7. The number of aryl methyl sites for hydroxylation is 1. The molecule has 0 saturated heterocycles. The summed E-state index contributed by atoms with van der Waals surface area (Å²) in [5, 5.41) is 0.618. The van der Waals surface area contributed by atoms with Gasteiger partial charge in [0.2, 0.25) is 5.91 Å². The van der Waals surface area contributed by atoms with E-state index in [0.717, 1.165) is 11.1 Å². The molecule has 32 heavy (non-hydrogen) atoms. The maximum Gasteiger partial charge on any atom is 0.242 e. The molecular weight excluding hydrogens is 428 g/mol. The van der Waals surface area contributed by atoms with Crippen molar-refractivity contribution in [3.8, 4) is 0 Å². The Labute approximate surface area is 189 Å². The Balaban J connectivity index is 1.91. The molecule has 1 amide bonds. The zero-order chi connectivity index (χ0) is 23.1. The van der Waals surface area contributed by atoms with E-state index in [1.165, 1.54) is 0 Å². The lowest BCUT2D eigenvalue weighted by atomic mass is 10.2. The smallest absolute Gasteiger partial charge is 0.242 e. The highest BCUT2D eigenvalue weighted by Crippen LogP contribution is 2.28. The first-order chi connectivity index (χ1) is 15.4. The highest BCUT2D eigenvalue weighted by atomic mass is 32.2. The largest absolute Gasteiger partial charge is 0.383 e. The third-order valence-corrected chi connectivity index (χ3v) is 7.06. The molecule has 1 heterocycles. The zero-order valence-corrected chi connectivity index (χ0v) is 19.6. The van der Waals surface area contributed by atoms with Gasteiger partial charge in [-0.1, -0.05) is 48.0 Å². The lowest BCUT2D eigenvalue weighted by Crippen LogP contribution is -2.38. The SMILES string of the molecule is COCCN(CCOC)C(=O)Cn1cc(S(=O)(=O)Cc2ccc(C)cc2)c2ccccc21. The lowest BCUT2D eigenvalue weighted by molar-refractivity contribution is -0.133. The number of rotatable bonds is 11. The van der Waals surface area contributed by atoms with Gasteiger partial charge in [-0.3, -0.25) is 4.79 Å². The van der Waals surface area contributed by atoms with Gasteiger partial charge in [-0.2, -0.15) is 0 Å². The molecule has 1 aromatic heterocycles. The highest BCUT2D eigenvalue weighted by molar-refractivity contribution is 7.90. The number of benzene rings is 2. The number of carbonyl (C=O) groups is 1. The van der Waals surface area contributed by atoms with Crippen molar-refractivity contribution in [3.63, 3.8) is 0 Å². The van der Waals surface area contributed by atoms with Gasteiger partial charge in [0.1, 0.15) is 6.54 Å². The molecule has 3 rings (SSSR count). The molecule has 0 unspecified atom stereocenters. The van der Waals surface area contributed by atoms with E-state index < -0.39 is 9.84 Å². The highest BCUT2D eigenvalue weighted by Gasteiger charge is 2.23. The Morgan fingerprint density at radius 2 is 1.59 bits per heavy atom. The van der Waals surface area contributed by atoms with Crippen LogP contribution in [-0.2, 0) is 36.4 Å². The number of hydrogen-bond acceptors (Lipinski definition) is 5. The number of hydrogen-bond donors (Lipinski definition) is 0. The molecule has 0 bridgehead atoms. The van der Waals surface area contributed by atoms with Crippen molar-refractivity contribution in [3.05, 3.63) is 65.9 Å². The van der Waals surface area contributed by atoms with Crippen LogP contribution in [0.3, 0.4) is 0 Å². The van der Waals surface area contributed by atoms with Gasteiger partial charge < -0.3 is 18.9 Å². The number of aromatic nitrogens is 1. The van der Waals surface area contributed by atoms with Gasteiger partial charge in [0.05, 0.1) is 23.9 Å². The fourth-order valence-corrected chi connectivity index (χ4v) is 5.17. The Bertz CT molecular complexity index is 1140. The van der Waals surface area contributed by atoms with Gasteiger partial charge in [0, 0.05) is 44.4 Å². The first-order valence-corrected chi connectivity index (χ1v) is 12.1. The maximum absolute atomic E-state index is 13.3. The van der Waals surface area contributed by atoms with Crippen LogP contribution >= 0.6 is 0 Å². The van der Waals surface area contributed by atoms with Crippen LogP contribution in [0.15, 0.2) is 59.6 Å². The van der Waals surface area contributed by atoms with E-state index in [4.69, 9.17) is 9.47 Å². The average molecular weight is 459 g/mol. The molecule has 7 nitrogen and oxygen atoms in total. The van der Waals surface area contributed by atoms with Gasteiger partial charge in [-0.25, -0.2) is 8.42 Å². The van der Waals surface area contributed by atoms with Crippen LogP contribution < -0.4 is 0 Å². The Morgan fingerprint density at radius 1 is 0.969 bits per heavy atom. The molecule has 0 aliphatic rings. The summed E-state index contributed by atoms with van der Waals surface area (Å²) in [6.45, 7) is 3.71. The molecule has 0 N–H and O–H groups in total. The first kappa shape index (κ1) is 24.0. The molecule has 8 heteroatoms. The molecule has 0 aliphatic carbocycles. The van der Waals surface area contributed by atoms with Crippen molar-refractivity contribution in [1.82, 2.24) is 9.47 Å². The number of ether oxygens (including phenoxy) is 2. The van der Waals surface area contributed by atoms with Gasteiger partial charge in [-0.15, -0.1) is 0 Å². The topological polar surface area (TPSA) is 77.8 Å². The van der Waals surface area contributed by atoms with E-state index in [0.29, 0.717) is 37.2 Å². The second-order valence-electron chi connectivity index (χ2n) is 7.75. The van der Waals surface area contributed by atoms with Crippen molar-refractivity contribution >= 4 is 26.6 Å². The molecule has 0 saturated carbocycles. The van der Waals surface area contributed by atoms with E-state index in [-0.39, 0.29) is 23.1 Å². The Hall–Kier alpha value is -2.68. The van der Waals surface area contributed by atoms with Gasteiger partial charge >= 0.3 is 0 Å². The monoisotopic (exact) mass is 458 g/mol. The maximum atomic E-state index is 13.3. The number of sulfone groups is 1. The summed E-state index contributed by atoms with van der Waals surface area (Å²) in [6.07, 6.45) is 1.58. The molecule has 0 aliphatic heterocycles. The van der Waals surface area contributed by atoms with Crippen molar-refractivity contribution in [2.75, 3.05) is 40.5 Å². The minimum atomic E-state index is -3.60. The predicted octanol–water partition coefficient (Wildman–Crippen LogP) is 3.05. The van der Waals surface area contributed by atoms with Crippen molar-refractivity contribution in [2.45, 2.75) is 24.1 Å². The first-order valence-electron chi connectivity index (χ1n) is 10.5. The lowest BCUT2D eigenvalue weighted by Gasteiger charge is -2.22. The second kappa shape index (κ2) is 10.8. The Kier molecular flexibility index (Phi) is 8.06. The fourth-order valence-electron chi connectivity index (χ4n) is 3.58. The summed E-state index contributed by atoms with van der Waals surface area (Å²) < 4.78 is 38.5. The van der Waals surface area contributed by atoms with Crippen LogP contribution in [0.1, 0.15) is 11.1 Å². The van der Waals surface area contributed by atoms with Crippen LogP contribution in [-0.4, -0.2) is 64.3 Å². The number of carbonyl (C=O) groups excluding carboxylic acids is 1. The molecule has 3 aromatic rings. The van der Waals surface area contributed by atoms with Crippen molar-refractivity contribution in [1.29, 1.82) is 0 Å². The van der Waals surface area contributed by atoms with E-state index in [1.807, 2.05) is 49.4 Å². The minimum absolute atomic E-state index is 0.0357. The number of methoxy groups -OCH3 is 2. The average Bonchev–Trinajstić information content (AvgIpc) is 3.15. The van der Waals surface area contributed by atoms with Gasteiger partial charge in [0.25, 0.3) is 0 Å². The van der Waals surface area contributed by atoms with Crippen LogP contribution in [0.2, 0.25) is 0 Å².